The third-order valence-electron chi connectivity index (χ3n) is 3.16. The van der Waals surface area contributed by atoms with E-state index in [0.717, 1.165) is 32.2 Å². The molecule has 22 heavy (non-hydrogen) atoms. The van der Waals surface area contributed by atoms with Crippen molar-refractivity contribution in [3.63, 3.8) is 0 Å². The number of amides is 2. The second-order valence-electron chi connectivity index (χ2n) is 4.97. The third-order valence-corrected chi connectivity index (χ3v) is 3.16. The number of carbonyl (C=O) groups excluding carboxylic acids is 2. The van der Waals surface area contributed by atoms with Gasteiger partial charge >= 0.3 is 0 Å². The zero-order valence-electron chi connectivity index (χ0n) is 13.9. The van der Waals surface area contributed by atoms with Gasteiger partial charge in [0.05, 0.1) is 0 Å². The summed E-state index contributed by atoms with van der Waals surface area (Å²) in [6.45, 7) is 4.89. The largest absolute Gasteiger partial charge is 0.370 e. The van der Waals surface area contributed by atoms with Gasteiger partial charge in [0.15, 0.2) is 0 Å². The maximum absolute atomic E-state index is 10.5. The number of benzene rings is 1. The highest BCUT2D eigenvalue weighted by Gasteiger charge is 2.07. The fraction of sp³-hybridized carbons (Fsp3) is 0.556. The van der Waals surface area contributed by atoms with Crippen molar-refractivity contribution in [2.24, 2.45) is 5.73 Å². The lowest BCUT2D eigenvalue weighted by atomic mass is 10.1. The van der Waals surface area contributed by atoms with E-state index in [9.17, 15) is 9.59 Å². The van der Waals surface area contributed by atoms with Gasteiger partial charge in [-0.2, -0.15) is 0 Å². The second-order valence-corrected chi connectivity index (χ2v) is 4.97. The predicted octanol–water partition coefficient (Wildman–Crippen LogP) is 3.20. The third kappa shape index (κ3) is 11.9. The molecule has 1 aliphatic heterocycles. The van der Waals surface area contributed by atoms with E-state index < -0.39 is 0 Å². The molecule has 0 radical (unpaired) electrons. The molecular formula is C18H30N2O2. The summed E-state index contributed by atoms with van der Waals surface area (Å²) in [5, 5.41) is 2.57. The predicted molar refractivity (Wildman–Crippen MR) is 91.4 cm³/mol. The fourth-order valence-corrected chi connectivity index (χ4v) is 1.85. The van der Waals surface area contributed by atoms with Crippen LogP contribution in [0.5, 0.6) is 0 Å². The SMILES string of the molecule is CC.NC(=O)CCCCCCc1ccccc1.O=C1CCN1. The Labute approximate surface area is 134 Å². The van der Waals surface area contributed by atoms with Crippen LogP contribution in [-0.4, -0.2) is 18.4 Å². The molecule has 0 spiro atoms. The first-order chi connectivity index (χ1) is 10.7. The first-order valence-corrected chi connectivity index (χ1v) is 8.27. The summed E-state index contributed by atoms with van der Waals surface area (Å²) < 4.78 is 0. The van der Waals surface area contributed by atoms with Crippen LogP contribution in [0, 0.1) is 0 Å². The molecule has 0 bridgehead atoms. The zero-order valence-corrected chi connectivity index (χ0v) is 13.9. The first kappa shape index (κ1) is 20.2. The van der Waals surface area contributed by atoms with Gasteiger partial charge in [0.1, 0.15) is 0 Å². The molecule has 0 atom stereocenters. The summed E-state index contributed by atoms with van der Waals surface area (Å²) >= 11 is 0. The van der Waals surface area contributed by atoms with Crippen molar-refractivity contribution in [2.45, 2.75) is 58.8 Å². The number of β-lactam (4-membered cyclic amide) rings is 1. The number of nitrogens with two attached hydrogens (primary N) is 1. The zero-order chi connectivity index (χ0) is 16.6. The highest BCUT2D eigenvalue weighted by Crippen LogP contribution is 2.08. The molecule has 1 aromatic rings. The molecule has 1 aromatic carbocycles. The Bertz CT molecular complexity index is 399. The van der Waals surface area contributed by atoms with Crippen LogP contribution < -0.4 is 11.1 Å². The number of aryl methyl sites for hydroxylation is 1. The first-order valence-electron chi connectivity index (χ1n) is 8.27. The summed E-state index contributed by atoms with van der Waals surface area (Å²) in [5.74, 6) is 0.00283. The normalized spacial score (nSPS) is 11.8. The topological polar surface area (TPSA) is 72.2 Å². The lowest BCUT2D eigenvalue weighted by Crippen LogP contribution is -2.37. The Kier molecular flexibility index (Phi) is 12.9. The molecule has 0 unspecified atom stereocenters. The summed E-state index contributed by atoms with van der Waals surface area (Å²) in [4.78, 5) is 20.3. The molecule has 1 aliphatic rings. The van der Waals surface area contributed by atoms with Crippen molar-refractivity contribution in [2.75, 3.05) is 6.54 Å². The fourth-order valence-electron chi connectivity index (χ4n) is 1.85. The van der Waals surface area contributed by atoms with Gasteiger partial charge in [-0.25, -0.2) is 0 Å². The van der Waals surface area contributed by atoms with Crippen LogP contribution in [0.15, 0.2) is 30.3 Å². The minimum Gasteiger partial charge on any atom is -0.370 e. The maximum Gasteiger partial charge on any atom is 0.221 e. The van der Waals surface area contributed by atoms with Crippen LogP contribution in [0.2, 0.25) is 0 Å². The highest BCUT2D eigenvalue weighted by atomic mass is 16.2. The summed E-state index contributed by atoms with van der Waals surface area (Å²) in [6.07, 6.45) is 6.83. The molecule has 2 rings (SSSR count). The van der Waals surface area contributed by atoms with E-state index in [2.05, 4.69) is 29.6 Å². The van der Waals surface area contributed by atoms with Crippen molar-refractivity contribution >= 4 is 11.8 Å². The average molecular weight is 306 g/mol. The van der Waals surface area contributed by atoms with Gasteiger partial charge in [-0.05, 0) is 24.8 Å². The number of hydrogen-bond acceptors (Lipinski definition) is 2. The minimum atomic E-state index is -0.182. The Morgan fingerprint density at radius 1 is 1.09 bits per heavy atom. The van der Waals surface area contributed by atoms with Crippen molar-refractivity contribution in [3.05, 3.63) is 35.9 Å². The lowest BCUT2D eigenvalue weighted by Gasteiger charge is -2.10. The maximum atomic E-state index is 10.5. The standard InChI is InChI=1S/C13H19NO.C3H5NO.C2H6/c14-13(15)11-7-2-1-4-8-12-9-5-3-6-10-12;5-3-1-2-4-3;1-2/h3,5-6,9-10H,1-2,4,7-8,11H2,(H2,14,15);1-2H2,(H,4,5);1-2H3. The number of rotatable bonds is 7. The molecule has 124 valence electrons. The van der Waals surface area contributed by atoms with E-state index in [1.165, 1.54) is 18.4 Å². The number of hydrogen-bond donors (Lipinski definition) is 2. The van der Waals surface area contributed by atoms with E-state index in [1.807, 2.05) is 19.9 Å². The Balaban J connectivity index is 0.000000522. The van der Waals surface area contributed by atoms with E-state index >= 15 is 0 Å². The van der Waals surface area contributed by atoms with Crippen molar-refractivity contribution in [3.8, 4) is 0 Å². The molecule has 0 aliphatic carbocycles. The van der Waals surface area contributed by atoms with Crippen LogP contribution in [-0.2, 0) is 16.0 Å². The minimum absolute atomic E-state index is 0.182. The Morgan fingerprint density at radius 3 is 2.09 bits per heavy atom. The van der Waals surface area contributed by atoms with E-state index in [1.54, 1.807) is 0 Å². The molecular weight excluding hydrogens is 276 g/mol. The molecule has 2 amide bonds. The second kappa shape index (κ2) is 14.1. The van der Waals surface area contributed by atoms with E-state index in [4.69, 9.17) is 5.73 Å². The van der Waals surface area contributed by atoms with Gasteiger partial charge in [0.2, 0.25) is 11.8 Å². The van der Waals surface area contributed by atoms with Gasteiger partial charge in [0.25, 0.3) is 0 Å². The molecule has 1 fully saturated rings. The van der Waals surface area contributed by atoms with Gasteiger partial charge in [0, 0.05) is 19.4 Å². The molecule has 4 heteroatoms. The Morgan fingerprint density at radius 2 is 1.64 bits per heavy atom. The lowest BCUT2D eigenvalue weighted by molar-refractivity contribution is -0.125. The summed E-state index contributed by atoms with van der Waals surface area (Å²) in [5.41, 5.74) is 6.46. The Hall–Kier alpha value is -1.84. The molecule has 1 saturated heterocycles. The monoisotopic (exact) mass is 306 g/mol. The van der Waals surface area contributed by atoms with Crippen molar-refractivity contribution in [1.82, 2.24) is 5.32 Å². The molecule has 0 aromatic heterocycles. The number of carbonyl (C=O) groups is 2. The van der Waals surface area contributed by atoms with E-state index in [0.29, 0.717) is 6.42 Å². The van der Waals surface area contributed by atoms with E-state index in [-0.39, 0.29) is 11.8 Å². The molecule has 0 saturated carbocycles. The number of unbranched alkanes of at least 4 members (excludes halogenated alkanes) is 3. The van der Waals surface area contributed by atoms with Gasteiger partial charge in [-0.15, -0.1) is 0 Å². The van der Waals surface area contributed by atoms with Crippen molar-refractivity contribution in [1.29, 1.82) is 0 Å². The average Bonchev–Trinajstić information content (AvgIpc) is 2.52. The highest BCUT2D eigenvalue weighted by molar-refractivity contribution is 5.81. The quantitative estimate of drug-likeness (QED) is 0.600. The number of nitrogens with one attached hydrogen (secondary N) is 1. The smallest absolute Gasteiger partial charge is 0.221 e. The van der Waals surface area contributed by atoms with Gasteiger partial charge in [-0.3, -0.25) is 9.59 Å². The molecule has 1 heterocycles. The number of primary amides is 1. The van der Waals surface area contributed by atoms with Crippen LogP contribution in [0.4, 0.5) is 0 Å². The van der Waals surface area contributed by atoms with Crippen LogP contribution in [0.25, 0.3) is 0 Å². The van der Waals surface area contributed by atoms with Gasteiger partial charge in [-0.1, -0.05) is 57.0 Å². The molecule has 4 nitrogen and oxygen atoms in total. The summed E-state index contributed by atoms with van der Waals surface area (Å²) in [7, 11) is 0. The van der Waals surface area contributed by atoms with Gasteiger partial charge < -0.3 is 11.1 Å². The van der Waals surface area contributed by atoms with Crippen LogP contribution in [0.1, 0.15) is 57.9 Å². The molecule has 3 N–H and O–H groups in total. The van der Waals surface area contributed by atoms with Crippen LogP contribution in [0.3, 0.4) is 0 Å². The van der Waals surface area contributed by atoms with Crippen LogP contribution >= 0.6 is 0 Å². The van der Waals surface area contributed by atoms with Crippen molar-refractivity contribution < 1.29 is 9.59 Å². The summed E-state index contributed by atoms with van der Waals surface area (Å²) in [6, 6.07) is 10.5.